The second-order valence-electron chi connectivity index (χ2n) is 9.29. The van der Waals surface area contributed by atoms with Crippen LogP contribution in [0.3, 0.4) is 0 Å². The van der Waals surface area contributed by atoms with Gasteiger partial charge in [0.25, 0.3) is 0 Å². The second-order valence-corrected chi connectivity index (χ2v) is 9.70. The molecule has 1 aliphatic carbocycles. The van der Waals surface area contributed by atoms with Crippen LogP contribution in [0.15, 0.2) is 30.5 Å². The van der Waals surface area contributed by atoms with Crippen molar-refractivity contribution in [3.63, 3.8) is 0 Å². The van der Waals surface area contributed by atoms with Crippen LogP contribution in [-0.2, 0) is 25.0 Å². The standard InChI is InChI=1S/C26H21ClFN5O2/c1-26(5-6-26)35-21-8-19(27)23(28)22(15(21)9-29)24-16(10-31-33(24)2)13-3-4-14-17-11-34-12-18(17)25(30)32-20(14)7-13/h3-4,7-8,10H,5-6,11-12H2,1-2H3,(H2,30,32). The highest BCUT2D eigenvalue weighted by molar-refractivity contribution is 6.31. The fraction of sp³-hybridized carbons (Fsp3) is 0.269. The third-order valence-electron chi connectivity index (χ3n) is 6.82. The highest BCUT2D eigenvalue weighted by Gasteiger charge is 2.41. The van der Waals surface area contributed by atoms with Gasteiger partial charge >= 0.3 is 0 Å². The molecule has 2 aromatic carbocycles. The molecule has 1 saturated carbocycles. The van der Waals surface area contributed by atoms with E-state index in [4.69, 9.17) is 26.8 Å². The lowest BCUT2D eigenvalue weighted by atomic mass is 9.95. The molecule has 1 fully saturated rings. The van der Waals surface area contributed by atoms with Crippen molar-refractivity contribution in [1.29, 1.82) is 5.26 Å². The molecule has 1 aliphatic heterocycles. The van der Waals surface area contributed by atoms with Gasteiger partial charge in [0.1, 0.15) is 28.8 Å². The summed E-state index contributed by atoms with van der Waals surface area (Å²) < 4.78 is 28.7. The Labute approximate surface area is 205 Å². The van der Waals surface area contributed by atoms with Gasteiger partial charge in [0.15, 0.2) is 5.82 Å². The molecule has 0 bridgehead atoms. The molecular formula is C26H21ClFN5O2. The van der Waals surface area contributed by atoms with Crippen molar-refractivity contribution in [2.75, 3.05) is 5.73 Å². The van der Waals surface area contributed by atoms with Gasteiger partial charge in [-0.05, 0) is 37.0 Å². The Morgan fingerprint density at radius 1 is 1.26 bits per heavy atom. The first-order valence-corrected chi connectivity index (χ1v) is 11.6. The maximum atomic E-state index is 15.6. The molecule has 7 nitrogen and oxygen atoms in total. The molecule has 176 valence electrons. The number of anilines is 1. The van der Waals surface area contributed by atoms with Gasteiger partial charge in [-0.1, -0.05) is 23.7 Å². The van der Waals surface area contributed by atoms with Gasteiger partial charge in [0, 0.05) is 29.6 Å². The van der Waals surface area contributed by atoms with E-state index in [0.717, 1.165) is 34.9 Å². The van der Waals surface area contributed by atoms with Crippen LogP contribution in [0.25, 0.3) is 33.3 Å². The number of halogens is 2. The van der Waals surface area contributed by atoms with E-state index >= 15 is 4.39 Å². The molecule has 2 N–H and O–H groups in total. The number of pyridine rings is 1. The van der Waals surface area contributed by atoms with E-state index in [1.54, 1.807) is 13.2 Å². The fourth-order valence-electron chi connectivity index (χ4n) is 4.65. The summed E-state index contributed by atoms with van der Waals surface area (Å²) >= 11 is 6.28. The van der Waals surface area contributed by atoms with Crippen molar-refractivity contribution in [3.05, 3.63) is 58.0 Å². The van der Waals surface area contributed by atoms with E-state index in [-0.39, 0.29) is 27.5 Å². The quantitative estimate of drug-likeness (QED) is 0.406. The van der Waals surface area contributed by atoms with Gasteiger partial charge < -0.3 is 15.2 Å². The molecule has 0 unspecified atom stereocenters. The first kappa shape index (κ1) is 21.8. The van der Waals surface area contributed by atoms with Crippen molar-refractivity contribution >= 4 is 28.3 Å². The summed E-state index contributed by atoms with van der Waals surface area (Å²) in [6, 6.07) is 9.29. The number of hydrogen-bond acceptors (Lipinski definition) is 6. The monoisotopic (exact) mass is 489 g/mol. The summed E-state index contributed by atoms with van der Waals surface area (Å²) in [6.45, 7) is 2.89. The molecule has 2 aromatic heterocycles. The maximum absolute atomic E-state index is 15.6. The van der Waals surface area contributed by atoms with E-state index in [9.17, 15) is 5.26 Å². The average Bonchev–Trinajstić information content (AvgIpc) is 3.21. The van der Waals surface area contributed by atoms with Gasteiger partial charge in [-0.15, -0.1) is 0 Å². The number of nitrogen functional groups attached to an aromatic ring is 1. The number of nitrogens with two attached hydrogens (primary N) is 1. The summed E-state index contributed by atoms with van der Waals surface area (Å²) in [4.78, 5) is 4.57. The number of hydrogen-bond donors (Lipinski definition) is 1. The van der Waals surface area contributed by atoms with Crippen LogP contribution in [0.4, 0.5) is 10.2 Å². The normalized spacial score (nSPS) is 15.7. The molecule has 0 amide bonds. The zero-order valence-electron chi connectivity index (χ0n) is 19.2. The smallest absolute Gasteiger partial charge is 0.152 e. The fourth-order valence-corrected chi connectivity index (χ4v) is 4.84. The molecule has 35 heavy (non-hydrogen) atoms. The Bertz CT molecular complexity index is 1590. The van der Waals surface area contributed by atoms with Gasteiger partial charge in [0.2, 0.25) is 0 Å². The van der Waals surface area contributed by atoms with Crippen LogP contribution in [0.1, 0.15) is 36.5 Å². The lowest BCUT2D eigenvalue weighted by Crippen LogP contribution is -2.14. The van der Waals surface area contributed by atoms with E-state index in [1.165, 1.54) is 10.7 Å². The lowest BCUT2D eigenvalue weighted by Gasteiger charge is -2.18. The number of aryl methyl sites for hydroxylation is 1. The Kier molecular flexibility index (Phi) is 4.78. The zero-order valence-corrected chi connectivity index (χ0v) is 19.9. The number of rotatable bonds is 4. The van der Waals surface area contributed by atoms with Crippen molar-refractivity contribution in [2.24, 2.45) is 7.05 Å². The van der Waals surface area contributed by atoms with Crippen LogP contribution in [0.2, 0.25) is 5.02 Å². The lowest BCUT2D eigenvalue weighted by molar-refractivity contribution is 0.135. The Hall–Kier alpha value is -3.67. The molecule has 0 radical (unpaired) electrons. The van der Waals surface area contributed by atoms with Gasteiger partial charge in [0.05, 0.1) is 41.2 Å². The topological polar surface area (TPSA) is 99.0 Å². The van der Waals surface area contributed by atoms with E-state index in [2.05, 4.69) is 16.2 Å². The van der Waals surface area contributed by atoms with Gasteiger partial charge in [-0.3, -0.25) is 4.68 Å². The highest BCUT2D eigenvalue weighted by Crippen LogP contribution is 2.46. The Morgan fingerprint density at radius 3 is 2.77 bits per heavy atom. The number of benzene rings is 2. The van der Waals surface area contributed by atoms with Crippen LogP contribution in [0, 0.1) is 17.1 Å². The molecule has 0 spiro atoms. The number of fused-ring (bicyclic) bond motifs is 3. The maximum Gasteiger partial charge on any atom is 0.152 e. The molecule has 9 heteroatoms. The van der Waals surface area contributed by atoms with Crippen LogP contribution < -0.4 is 10.5 Å². The van der Waals surface area contributed by atoms with Crippen LogP contribution >= 0.6 is 11.6 Å². The van der Waals surface area contributed by atoms with Gasteiger partial charge in [-0.25, -0.2) is 9.37 Å². The SMILES string of the molecule is Cn1ncc(-c2ccc3c4c(c(N)nc3c2)COC4)c1-c1c(F)c(Cl)cc(OC2(C)CC2)c1C#N. The van der Waals surface area contributed by atoms with Gasteiger partial charge in [-0.2, -0.15) is 10.4 Å². The molecule has 4 aromatic rings. The number of ether oxygens (including phenoxy) is 2. The van der Waals surface area contributed by atoms with Crippen molar-refractivity contribution < 1.29 is 13.9 Å². The number of nitrogens with zero attached hydrogens (tertiary/aromatic N) is 4. The predicted molar refractivity (Wildman–Crippen MR) is 130 cm³/mol. The molecule has 6 rings (SSSR count). The minimum atomic E-state index is -0.695. The van der Waals surface area contributed by atoms with Crippen LogP contribution in [0.5, 0.6) is 5.75 Å². The summed E-state index contributed by atoms with van der Waals surface area (Å²) in [7, 11) is 1.70. The summed E-state index contributed by atoms with van der Waals surface area (Å²) in [5, 5.41) is 15.3. The third kappa shape index (κ3) is 3.42. The van der Waals surface area contributed by atoms with E-state index in [0.29, 0.717) is 35.8 Å². The highest BCUT2D eigenvalue weighted by atomic mass is 35.5. The first-order chi connectivity index (χ1) is 16.8. The average molecular weight is 490 g/mol. The Morgan fingerprint density at radius 2 is 2.03 bits per heavy atom. The molecule has 3 heterocycles. The van der Waals surface area contributed by atoms with Crippen molar-refractivity contribution in [1.82, 2.24) is 14.8 Å². The Balaban J connectivity index is 1.56. The first-order valence-electron chi connectivity index (χ1n) is 11.2. The molecule has 0 atom stereocenters. The third-order valence-corrected chi connectivity index (χ3v) is 7.10. The molecule has 2 aliphatic rings. The minimum absolute atomic E-state index is 0.0594. The zero-order chi connectivity index (χ0) is 24.5. The summed E-state index contributed by atoms with van der Waals surface area (Å²) in [5.74, 6) is 0.0145. The molecule has 0 saturated heterocycles. The van der Waals surface area contributed by atoms with E-state index in [1.807, 2.05) is 25.1 Å². The largest absolute Gasteiger partial charge is 0.486 e. The second kappa shape index (κ2) is 7.67. The van der Waals surface area contributed by atoms with Crippen molar-refractivity contribution in [3.8, 4) is 34.2 Å². The number of nitriles is 1. The number of aromatic nitrogens is 3. The summed E-state index contributed by atoms with van der Waals surface area (Å²) in [5.41, 5.74) is 10.4. The van der Waals surface area contributed by atoms with E-state index < -0.39 is 5.82 Å². The van der Waals surface area contributed by atoms with Crippen LogP contribution in [-0.4, -0.2) is 20.4 Å². The van der Waals surface area contributed by atoms with Crippen molar-refractivity contribution in [2.45, 2.75) is 38.6 Å². The minimum Gasteiger partial charge on any atom is -0.486 e. The predicted octanol–water partition coefficient (Wildman–Crippen LogP) is 5.51. The molecular weight excluding hydrogens is 469 g/mol. The summed E-state index contributed by atoms with van der Waals surface area (Å²) in [6.07, 6.45) is 3.36.